The predicted molar refractivity (Wildman–Crippen MR) is 148 cm³/mol. The summed E-state index contributed by atoms with van der Waals surface area (Å²) in [6.07, 6.45) is 0. The van der Waals surface area contributed by atoms with E-state index in [9.17, 15) is 18.0 Å². The summed E-state index contributed by atoms with van der Waals surface area (Å²) in [5.41, 5.74) is 1.27. The van der Waals surface area contributed by atoms with Gasteiger partial charge in [-0.15, -0.1) is 0 Å². The maximum Gasteiger partial charge on any atom is 0.264 e. The fourth-order valence-electron chi connectivity index (χ4n) is 3.73. The van der Waals surface area contributed by atoms with Crippen molar-refractivity contribution in [3.05, 3.63) is 92.9 Å². The van der Waals surface area contributed by atoms with E-state index < -0.39 is 34.4 Å². The zero-order chi connectivity index (χ0) is 27.3. The number of carbonyl (C=O) groups is 2. The summed E-state index contributed by atoms with van der Waals surface area (Å²) in [5, 5.41) is 3.46. The number of nitrogens with one attached hydrogen (secondary N) is 1. The van der Waals surface area contributed by atoms with Crippen molar-refractivity contribution >= 4 is 62.3 Å². The van der Waals surface area contributed by atoms with E-state index in [4.69, 9.17) is 34.8 Å². The fraction of sp³-hybridized carbons (Fsp3) is 0.231. The standard InChI is InChI=1S/C26H26Cl3N3O4S/c1-17-12-13-19(27)14-24(17)32(37(35,36)20-8-5-4-6-9-20)16-25(33)31(18(2)26(34)30-3)15-21-22(28)10-7-11-23(21)29/h4-14,18H,15-16H2,1-3H3,(H,30,34). The Bertz CT molecular complexity index is 1380. The fourth-order valence-corrected chi connectivity index (χ4v) is 5.90. The van der Waals surface area contributed by atoms with E-state index in [2.05, 4.69) is 5.32 Å². The van der Waals surface area contributed by atoms with Gasteiger partial charge in [-0.05, 0) is 55.8 Å². The van der Waals surface area contributed by atoms with Gasteiger partial charge < -0.3 is 10.2 Å². The Balaban J connectivity index is 2.10. The molecule has 1 N–H and O–H groups in total. The molecule has 1 atom stereocenters. The monoisotopic (exact) mass is 581 g/mol. The van der Waals surface area contributed by atoms with Crippen molar-refractivity contribution in [1.29, 1.82) is 0 Å². The molecule has 0 saturated carbocycles. The summed E-state index contributed by atoms with van der Waals surface area (Å²) in [6.45, 7) is 2.56. The maximum atomic E-state index is 13.8. The number of anilines is 1. The highest BCUT2D eigenvalue weighted by Gasteiger charge is 2.33. The van der Waals surface area contributed by atoms with Crippen molar-refractivity contribution < 1.29 is 18.0 Å². The van der Waals surface area contributed by atoms with Crippen LogP contribution >= 0.6 is 34.8 Å². The van der Waals surface area contributed by atoms with Gasteiger partial charge in [0.2, 0.25) is 11.8 Å². The molecule has 0 aromatic heterocycles. The first-order chi connectivity index (χ1) is 17.5. The number of benzene rings is 3. The van der Waals surface area contributed by atoms with E-state index in [1.54, 1.807) is 62.4 Å². The first-order valence-corrected chi connectivity index (χ1v) is 13.8. The molecule has 196 valence electrons. The van der Waals surface area contributed by atoms with Gasteiger partial charge in [0.25, 0.3) is 10.0 Å². The summed E-state index contributed by atoms with van der Waals surface area (Å²) in [6, 6.07) is 16.5. The minimum absolute atomic E-state index is 0.00206. The third-order valence-electron chi connectivity index (χ3n) is 5.85. The highest BCUT2D eigenvalue weighted by molar-refractivity contribution is 7.92. The van der Waals surface area contributed by atoms with E-state index in [1.165, 1.54) is 30.1 Å². The molecular formula is C26H26Cl3N3O4S. The van der Waals surface area contributed by atoms with Crippen LogP contribution in [0, 0.1) is 6.92 Å². The van der Waals surface area contributed by atoms with Crippen LogP contribution in [0.1, 0.15) is 18.1 Å². The number of hydrogen-bond donors (Lipinski definition) is 1. The zero-order valence-corrected chi connectivity index (χ0v) is 23.5. The number of nitrogens with zero attached hydrogens (tertiary/aromatic N) is 2. The summed E-state index contributed by atoms with van der Waals surface area (Å²) >= 11 is 18.9. The van der Waals surface area contributed by atoms with E-state index in [0.717, 1.165) is 4.31 Å². The molecule has 2 amide bonds. The Morgan fingerprint density at radius 3 is 2.16 bits per heavy atom. The number of halogens is 3. The van der Waals surface area contributed by atoms with Crippen LogP contribution in [0.4, 0.5) is 5.69 Å². The molecule has 7 nitrogen and oxygen atoms in total. The average molecular weight is 583 g/mol. The second-order valence-electron chi connectivity index (χ2n) is 8.27. The number of carbonyl (C=O) groups excluding carboxylic acids is 2. The van der Waals surface area contributed by atoms with Crippen LogP contribution < -0.4 is 9.62 Å². The number of amides is 2. The zero-order valence-electron chi connectivity index (χ0n) is 20.4. The highest BCUT2D eigenvalue weighted by Crippen LogP contribution is 2.31. The van der Waals surface area contributed by atoms with E-state index in [1.807, 2.05) is 0 Å². The quantitative estimate of drug-likeness (QED) is 0.370. The Morgan fingerprint density at radius 2 is 1.57 bits per heavy atom. The minimum Gasteiger partial charge on any atom is -0.357 e. The van der Waals surface area contributed by atoms with Gasteiger partial charge in [0.05, 0.1) is 10.6 Å². The molecule has 0 saturated heterocycles. The van der Waals surface area contributed by atoms with Gasteiger partial charge in [-0.25, -0.2) is 8.42 Å². The molecule has 0 spiro atoms. The molecule has 37 heavy (non-hydrogen) atoms. The average Bonchev–Trinajstić information content (AvgIpc) is 2.88. The van der Waals surface area contributed by atoms with Crippen molar-refractivity contribution in [2.75, 3.05) is 17.9 Å². The van der Waals surface area contributed by atoms with Gasteiger partial charge >= 0.3 is 0 Å². The van der Waals surface area contributed by atoms with Gasteiger partial charge in [0, 0.05) is 34.2 Å². The first kappa shape index (κ1) is 28.8. The van der Waals surface area contributed by atoms with Crippen LogP contribution in [-0.2, 0) is 26.2 Å². The van der Waals surface area contributed by atoms with Crippen LogP contribution in [0.15, 0.2) is 71.6 Å². The Labute approximate surface area is 232 Å². The number of aryl methyl sites for hydroxylation is 1. The lowest BCUT2D eigenvalue weighted by Gasteiger charge is -2.32. The third-order valence-corrected chi connectivity index (χ3v) is 8.57. The van der Waals surface area contributed by atoms with Gasteiger partial charge in [-0.3, -0.25) is 13.9 Å². The molecule has 0 aliphatic rings. The van der Waals surface area contributed by atoms with Crippen LogP contribution in [-0.4, -0.2) is 44.8 Å². The minimum atomic E-state index is -4.19. The van der Waals surface area contributed by atoms with Crippen LogP contribution in [0.5, 0.6) is 0 Å². The summed E-state index contributed by atoms with van der Waals surface area (Å²) in [4.78, 5) is 27.6. The van der Waals surface area contributed by atoms with Crippen molar-refractivity contribution in [3.8, 4) is 0 Å². The third kappa shape index (κ3) is 6.57. The molecule has 3 aromatic rings. The molecule has 0 bridgehead atoms. The van der Waals surface area contributed by atoms with Crippen molar-refractivity contribution in [2.24, 2.45) is 0 Å². The van der Waals surface area contributed by atoms with Crippen LogP contribution in [0.3, 0.4) is 0 Å². The maximum absolute atomic E-state index is 13.8. The van der Waals surface area contributed by atoms with E-state index in [0.29, 0.717) is 26.2 Å². The second-order valence-corrected chi connectivity index (χ2v) is 11.4. The van der Waals surface area contributed by atoms with Crippen LogP contribution in [0.2, 0.25) is 15.1 Å². The Hall–Kier alpha value is -2.78. The van der Waals surface area contributed by atoms with E-state index in [-0.39, 0.29) is 17.1 Å². The smallest absolute Gasteiger partial charge is 0.264 e. The molecule has 0 aliphatic carbocycles. The molecule has 0 fully saturated rings. The number of sulfonamides is 1. The summed E-state index contributed by atoms with van der Waals surface area (Å²) in [5.74, 6) is -1.07. The number of rotatable bonds is 9. The lowest BCUT2D eigenvalue weighted by molar-refractivity contribution is -0.139. The second kappa shape index (κ2) is 12.2. The molecule has 0 radical (unpaired) electrons. The predicted octanol–water partition coefficient (Wildman–Crippen LogP) is 5.31. The number of hydrogen-bond acceptors (Lipinski definition) is 4. The Kier molecular flexibility index (Phi) is 9.47. The van der Waals surface area contributed by atoms with Gasteiger partial charge in [0.1, 0.15) is 12.6 Å². The van der Waals surface area contributed by atoms with Gasteiger partial charge in [0.15, 0.2) is 0 Å². The number of likely N-dealkylation sites (N-methyl/N-ethyl adjacent to an activating group) is 1. The molecule has 3 aromatic carbocycles. The van der Waals surface area contributed by atoms with Crippen LogP contribution in [0.25, 0.3) is 0 Å². The SMILES string of the molecule is CNC(=O)C(C)N(Cc1c(Cl)cccc1Cl)C(=O)CN(c1cc(Cl)ccc1C)S(=O)(=O)c1ccccc1. The Morgan fingerprint density at radius 1 is 0.946 bits per heavy atom. The highest BCUT2D eigenvalue weighted by atomic mass is 35.5. The lowest BCUT2D eigenvalue weighted by atomic mass is 10.1. The van der Waals surface area contributed by atoms with Crippen molar-refractivity contribution in [3.63, 3.8) is 0 Å². The molecular weight excluding hydrogens is 557 g/mol. The summed E-state index contributed by atoms with van der Waals surface area (Å²) in [7, 11) is -2.74. The largest absolute Gasteiger partial charge is 0.357 e. The molecule has 11 heteroatoms. The van der Waals surface area contributed by atoms with Gasteiger partial charge in [-0.2, -0.15) is 0 Å². The summed E-state index contributed by atoms with van der Waals surface area (Å²) < 4.78 is 28.5. The first-order valence-electron chi connectivity index (χ1n) is 11.2. The molecule has 1 unspecified atom stereocenters. The topological polar surface area (TPSA) is 86.8 Å². The van der Waals surface area contributed by atoms with Crippen molar-refractivity contribution in [1.82, 2.24) is 10.2 Å². The molecule has 3 rings (SSSR count). The van der Waals surface area contributed by atoms with Crippen molar-refractivity contribution in [2.45, 2.75) is 31.3 Å². The molecule has 0 heterocycles. The van der Waals surface area contributed by atoms with E-state index >= 15 is 0 Å². The lowest BCUT2D eigenvalue weighted by Crippen LogP contribution is -2.50. The van der Waals surface area contributed by atoms with Gasteiger partial charge in [-0.1, -0.05) is 65.1 Å². The normalized spacial score (nSPS) is 12.1. The molecule has 0 aliphatic heterocycles.